The molecular formula is C41H51N5O7Si. The van der Waals surface area contributed by atoms with Crippen molar-refractivity contribution in [2.45, 2.75) is 89.8 Å². The van der Waals surface area contributed by atoms with Gasteiger partial charge in [0.05, 0.1) is 20.0 Å². The number of aliphatic hydroxyl groups is 1. The number of fused-ring (bicyclic) bond motifs is 1. The van der Waals surface area contributed by atoms with E-state index in [4.69, 9.17) is 18.6 Å². The number of aryl methyl sites for hydroxylation is 1. The molecule has 13 heteroatoms. The number of rotatable bonds is 12. The standard InChI is InChI=1S/C41H51N5O7Si/c1-25(2)36(48)44-39-43-35-32(37(49)45-39)42-24-46(35)38-33(47)34(53-54(8,9)40(4,5)6)31(52-38)23-51-41(27-13-11-10-12-14-27,28-17-15-26(3)16-18-28)29-19-21-30(50-7)22-20-29/h10-22,24-25,31,33-34,38,47H,23H2,1-9H3,(H2,43,44,45,48,49)/t31-,33+,34?,38-,41?/m1/s1. The highest BCUT2D eigenvalue weighted by Gasteiger charge is 2.52. The van der Waals surface area contributed by atoms with Crippen molar-refractivity contribution < 1.29 is 28.5 Å². The summed E-state index contributed by atoms with van der Waals surface area (Å²) in [6.45, 7) is 16.2. The summed E-state index contributed by atoms with van der Waals surface area (Å²) in [5.41, 5.74) is 2.32. The van der Waals surface area contributed by atoms with E-state index in [2.05, 4.69) is 78.4 Å². The monoisotopic (exact) mass is 753 g/mol. The Morgan fingerprint density at radius 1 is 1.00 bits per heavy atom. The molecule has 1 saturated heterocycles. The lowest BCUT2D eigenvalue weighted by Crippen LogP contribution is -2.50. The third kappa shape index (κ3) is 7.51. The number of hydrogen-bond acceptors (Lipinski definition) is 9. The van der Waals surface area contributed by atoms with Gasteiger partial charge in [0.15, 0.2) is 25.7 Å². The molecule has 3 N–H and O–H groups in total. The van der Waals surface area contributed by atoms with Crippen molar-refractivity contribution in [3.05, 3.63) is 118 Å². The second-order valence-corrected chi connectivity index (χ2v) is 20.5. The van der Waals surface area contributed by atoms with Crippen molar-refractivity contribution in [2.75, 3.05) is 19.0 Å². The summed E-state index contributed by atoms with van der Waals surface area (Å²) in [5, 5.41) is 14.6. The van der Waals surface area contributed by atoms with Gasteiger partial charge < -0.3 is 23.7 Å². The van der Waals surface area contributed by atoms with Crippen LogP contribution in [0.5, 0.6) is 5.75 Å². The van der Waals surface area contributed by atoms with Gasteiger partial charge in [-0.15, -0.1) is 0 Å². The second kappa shape index (κ2) is 15.2. The van der Waals surface area contributed by atoms with E-state index in [0.29, 0.717) is 5.75 Å². The fraction of sp³-hybridized carbons (Fsp3) is 0.415. The van der Waals surface area contributed by atoms with Crippen LogP contribution in [0.25, 0.3) is 11.2 Å². The molecule has 3 heterocycles. The van der Waals surface area contributed by atoms with Crippen LogP contribution in [0.1, 0.15) is 63.1 Å². The van der Waals surface area contributed by atoms with Gasteiger partial charge in [-0.1, -0.05) is 107 Å². The number of imidazole rings is 1. The minimum Gasteiger partial charge on any atom is -0.497 e. The molecule has 5 atom stereocenters. The normalized spacial score (nSPS) is 20.3. The summed E-state index contributed by atoms with van der Waals surface area (Å²) >= 11 is 0. The van der Waals surface area contributed by atoms with Crippen LogP contribution >= 0.6 is 0 Å². The van der Waals surface area contributed by atoms with Crippen molar-refractivity contribution in [2.24, 2.45) is 5.92 Å². The quantitative estimate of drug-likeness (QED) is 0.0936. The van der Waals surface area contributed by atoms with Gasteiger partial charge in [-0.2, -0.15) is 4.98 Å². The average molecular weight is 754 g/mol. The number of aromatic nitrogens is 4. The highest BCUT2D eigenvalue weighted by molar-refractivity contribution is 6.74. The van der Waals surface area contributed by atoms with E-state index < -0.39 is 44.0 Å². The van der Waals surface area contributed by atoms with E-state index in [1.807, 2.05) is 61.5 Å². The van der Waals surface area contributed by atoms with Gasteiger partial charge in [0.25, 0.3) is 5.56 Å². The largest absolute Gasteiger partial charge is 0.497 e. The predicted molar refractivity (Wildman–Crippen MR) is 210 cm³/mol. The molecule has 0 saturated carbocycles. The molecule has 1 fully saturated rings. The molecule has 12 nitrogen and oxygen atoms in total. The molecular weight excluding hydrogens is 703 g/mol. The number of nitrogens with zero attached hydrogens (tertiary/aromatic N) is 3. The van der Waals surface area contributed by atoms with Crippen LogP contribution in [-0.2, 0) is 24.3 Å². The lowest BCUT2D eigenvalue weighted by Gasteiger charge is -2.41. The van der Waals surface area contributed by atoms with E-state index in [0.717, 1.165) is 22.3 Å². The average Bonchev–Trinajstić information content (AvgIpc) is 3.69. The number of carbonyl (C=O) groups excluding carboxylic acids is 1. The van der Waals surface area contributed by atoms with Crippen molar-refractivity contribution in [3.63, 3.8) is 0 Å². The smallest absolute Gasteiger partial charge is 0.280 e. The number of aromatic amines is 1. The Labute approximate surface area is 317 Å². The Kier molecular flexibility index (Phi) is 11.0. The summed E-state index contributed by atoms with van der Waals surface area (Å²) in [6, 6.07) is 26.1. The summed E-state index contributed by atoms with van der Waals surface area (Å²) in [6.07, 6.45) is -2.43. The van der Waals surface area contributed by atoms with E-state index in [9.17, 15) is 14.7 Å². The number of aliphatic hydroxyl groups excluding tert-OH is 1. The molecule has 5 aromatic rings. The van der Waals surface area contributed by atoms with E-state index >= 15 is 0 Å². The molecule has 0 radical (unpaired) electrons. The van der Waals surface area contributed by atoms with E-state index in [1.165, 1.54) is 10.9 Å². The first-order valence-electron chi connectivity index (χ1n) is 18.3. The van der Waals surface area contributed by atoms with E-state index in [-0.39, 0.29) is 40.6 Å². The van der Waals surface area contributed by atoms with Crippen LogP contribution in [0.2, 0.25) is 18.1 Å². The lowest BCUT2D eigenvalue weighted by molar-refractivity contribution is -0.118. The van der Waals surface area contributed by atoms with Gasteiger partial charge in [-0.3, -0.25) is 24.5 Å². The SMILES string of the molecule is COc1ccc(C(OC[C@H]2O[C@@H](n3cnc4c(=O)[nH]c(NC(=O)C(C)C)nc43)[C@@H](O)C2O[Si](C)(C)C(C)(C)C)(c2ccccc2)c2ccc(C)cc2)cc1. The molecule has 3 aromatic carbocycles. The zero-order valence-electron chi connectivity index (χ0n) is 32.4. The fourth-order valence-corrected chi connectivity index (χ4v) is 7.75. The van der Waals surface area contributed by atoms with Crippen LogP contribution in [0, 0.1) is 12.8 Å². The van der Waals surface area contributed by atoms with Crippen LogP contribution < -0.4 is 15.6 Å². The maximum atomic E-state index is 13.1. The number of benzene rings is 3. The summed E-state index contributed by atoms with van der Waals surface area (Å²) in [5.74, 6) is 0.0305. The topological polar surface area (TPSA) is 150 Å². The van der Waals surface area contributed by atoms with Gasteiger partial charge in [-0.05, 0) is 53.9 Å². The molecule has 0 bridgehead atoms. The fourth-order valence-electron chi connectivity index (χ4n) is 6.42. The number of methoxy groups -OCH3 is 1. The van der Waals surface area contributed by atoms with Crippen molar-refractivity contribution in [1.29, 1.82) is 0 Å². The Bertz CT molecular complexity index is 2130. The third-order valence-corrected chi connectivity index (χ3v) is 15.1. The first-order valence-corrected chi connectivity index (χ1v) is 21.2. The number of carbonyl (C=O) groups is 1. The van der Waals surface area contributed by atoms with Crippen molar-refractivity contribution in [3.8, 4) is 5.75 Å². The number of anilines is 1. The summed E-state index contributed by atoms with van der Waals surface area (Å²) in [7, 11) is -0.871. The van der Waals surface area contributed by atoms with Crippen LogP contribution in [0.3, 0.4) is 0 Å². The molecule has 1 aliphatic heterocycles. The summed E-state index contributed by atoms with van der Waals surface area (Å²) in [4.78, 5) is 37.0. The van der Waals surface area contributed by atoms with E-state index in [1.54, 1.807) is 21.0 Å². The second-order valence-electron chi connectivity index (χ2n) is 15.7. The number of ether oxygens (including phenoxy) is 3. The molecule has 6 rings (SSSR count). The molecule has 286 valence electrons. The maximum Gasteiger partial charge on any atom is 0.280 e. The molecule has 0 aliphatic carbocycles. The zero-order valence-corrected chi connectivity index (χ0v) is 33.4. The Morgan fingerprint density at radius 3 is 2.20 bits per heavy atom. The van der Waals surface area contributed by atoms with Crippen LogP contribution in [-0.4, -0.2) is 70.9 Å². The Hall–Kier alpha value is -4.66. The maximum absolute atomic E-state index is 13.1. The van der Waals surface area contributed by atoms with Gasteiger partial charge in [0.2, 0.25) is 11.9 Å². The van der Waals surface area contributed by atoms with Gasteiger partial charge in [0.1, 0.15) is 29.7 Å². The first kappa shape index (κ1) is 39.0. The van der Waals surface area contributed by atoms with Crippen LogP contribution in [0.4, 0.5) is 5.95 Å². The lowest BCUT2D eigenvalue weighted by atomic mass is 9.79. The number of nitrogens with one attached hydrogen (secondary N) is 2. The highest BCUT2D eigenvalue weighted by Crippen LogP contribution is 2.45. The minimum absolute atomic E-state index is 0.0119. The third-order valence-electron chi connectivity index (χ3n) is 10.6. The molecule has 2 unspecified atom stereocenters. The Morgan fingerprint density at radius 2 is 1.61 bits per heavy atom. The first-order chi connectivity index (χ1) is 25.6. The zero-order chi connectivity index (χ0) is 39.0. The minimum atomic E-state index is -2.50. The molecule has 54 heavy (non-hydrogen) atoms. The molecule has 2 aromatic heterocycles. The highest BCUT2D eigenvalue weighted by atomic mass is 28.4. The summed E-state index contributed by atoms with van der Waals surface area (Å²) < 4.78 is 28.0. The molecule has 0 spiro atoms. The van der Waals surface area contributed by atoms with Gasteiger partial charge in [-0.25, -0.2) is 4.98 Å². The van der Waals surface area contributed by atoms with Gasteiger partial charge >= 0.3 is 0 Å². The van der Waals surface area contributed by atoms with Crippen LogP contribution in [0.15, 0.2) is 90.0 Å². The molecule has 1 amide bonds. The Balaban J connectivity index is 1.45. The van der Waals surface area contributed by atoms with Crippen molar-refractivity contribution in [1.82, 2.24) is 19.5 Å². The molecule has 1 aliphatic rings. The number of hydrogen-bond donors (Lipinski definition) is 3. The van der Waals surface area contributed by atoms with Crippen molar-refractivity contribution >= 4 is 31.3 Å². The van der Waals surface area contributed by atoms with Gasteiger partial charge in [0, 0.05) is 5.92 Å². The predicted octanol–water partition coefficient (Wildman–Crippen LogP) is 6.69. The number of H-pyrrole nitrogens is 1. The number of amides is 1.